The normalized spacial score (nSPS) is 10.5. The number of amides is 1. The van der Waals surface area contributed by atoms with Gasteiger partial charge in [-0.3, -0.25) is 19.0 Å². The number of rotatable bonds is 5. The largest absolute Gasteiger partial charge is 0.465 e. The van der Waals surface area contributed by atoms with Crippen molar-refractivity contribution in [3.63, 3.8) is 0 Å². The van der Waals surface area contributed by atoms with Crippen molar-refractivity contribution in [2.45, 2.75) is 20.4 Å². The van der Waals surface area contributed by atoms with Gasteiger partial charge in [0.05, 0.1) is 6.61 Å². The van der Waals surface area contributed by atoms with Gasteiger partial charge in [0.25, 0.3) is 11.5 Å². The van der Waals surface area contributed by atoms with Crippen molar-refractivity contribution < 1.29 is 14.3 Å². The van der Waals surface area contributed by atoms with E-state index in [0.717, 1.165) is 0 Å². The predicted molar refractivity (Wildman–Crippen MR) is 80.6 cm³/mol. The van der Waals surface area contributed by atoms with Crippen molar-refractivity contribution in [1.82, 2.24) is 14.9 Å². The van der Waals surface area contributed by atoms with Gasteiger partial charge < -0.3 is 10.1 Å². The van der Waals surface area contributed by atoms with Crippen LogP contribution in [0.3, 0.4) is 0 Å². The summed E-state index contributed by atoms with van der Waals surface area (Å²) in [6.45, 7) is 3.83. The smallest absolute Gasteiger partial charge is 0.325 e. The maximum Gasteiger partial charge on any atom is 0.325 e. The van der Waals surface area contributed by atoms with E-state index in [0.29, 0.717) is 17.6 Å². The molecular weight excluding hydrogens is 286 g/mol. The van der Waals surface area contributed by atoms with E-state index in [-0.39, 0.29) is 18.7 Å². The molecule has 0 atom stereocenters. The van der Waals surface area contributed by atoms with Gasteiger partial charge in [-0.15, -0.1) is 0 Å². The molecule has 0 saturated carbocycles. The van der Waals surface area contributed by atoms with E-state index in [1.807, 2.05) is 0 Å². The number of nitrogens with one attached hydrogen (secondary N) is 1. The second-order valence-electron chi connectivity index (χ2n) is 4.51. The zero-order chi connectivity index (χ0) is 16.1. The highest BCUT2D eigenvalue weighted by atomic mass is 16.5. The maximum absolute atomic E-state index is 12.4. The number of hydrogen-bond acceptors (Lipinski definition) is 5. The van der Waals surface area contributed by atoms with Crippen LogP contribution in [0, 0.1) is 0 Å². The van der Waals surface area contributed by atoms with E-state index >= 15 is 0 Å². The lowest BCUT2D eigenvalue weighted by Gasteiger charge is -2.10. The van der Waals surface area contributed by atoms with Gasteiger partial charge in [0.15, 0.2) is 0 Å². The van der Waals surface area contributed by atoms with Crippen LogP contribution in [0.2, 0.25) is 0 Å². The lowest BCUT2D eigenvalue weighted by Crippen LogP contribution is -2.36. The van der Waals surface area contributed by atoms with Gasteiger partial charge in [-0.05, 0) is 32.0 Å². The molecule has 0 bridgehead atoms. The predicted octanol–water partition coefficient (Wildman–Crippen LogP) is 0.709. The summed E-state index contributed by atoms with van der Waals surface area (Å²) in [7, 11) is 0. The Bertz CT molecular complexity index is 767. The molecule has 0 aromatic carbocycles. The summed E-state index contributed by atoms with van der Waals surface area (Å²) < 4.78 is 6.15. The SMILES string of the molecule is CCOC(=O)CNC(=O)c1cc2cccnc2n(CC)c1=O. The van der Waals surface area contributed by atoms with Gasteiger partial charge in [-0.25, -0.2) is 4.98 Å². The first-order chi connectivity index (χ1) is 10.6. The van der Waals surface area contributed by atoms with Gasteiger partial charge >= 0.3 is 5.97 Å². The van der Waals surface area contributed by atoms with Crippen LogP contribution in [0.4, 0.5) is 0 Å². The van der Waals surface area contributed by atoms with E-state index in [1.165, 1.54) is 10.6 Å². The van der Waals surface area contributed by atoms with E-state index < -0.39 is 17.4 Å². The molecule has 0 aliphatic carbocycles. The van der Waals surface area contributed by atoms with Crippen LogP contribution in [-0.4, -0.2) is 34.6 Å². The first-order valence-corrected chi connectivity index (χ1v) is 7.00. The Morgan fingerprint density at radius 2 is 2.14 bits per heavy atom. The summed E-state index contributed by atoms with van der Waals surface area (Å²) in [5.74, 6) is -1.15. The molecular formula is C15H17N3O4. The molecule has 2 rings (SSSR count). The number of hydrogen-bond donors (Lipinski definition) is 1. The third-order valence-electron chi connectivity index (χ3n) is 3.11. The van der Waals surface area contributed by atoms with Crippen LogP contribution in [0.1, 0.15) is 24.2 Å². The summed E-state index contributed by atoms with van der Waals surface area (Å²) >= 11 is 0. The summed E-state index contributed by atoms with van der Waals surface area (Å²) in [5.41, 5.74) is 0.0682. The molecule has 0 radical (unpaired) electrons. The molecule has 7 heteroatoms. The summed E-state index contributed by atoms with van der Waals surface area (Å²) in [6.07, 6.45) is 1.59. The Kier molecular flexibility index (Phi) is 4.88. The molecule has 0 aliphatic rings. The molecule has 7 nitrogen and oxygen atoms in total. The minimum absolute atomic E-state index is 0.0216. The van der Waals surface area contributed by atoms with E-state index in [2.05, 4.69) is 10.3 Å². The van der Waals surface area contributed by atoms with Crippen molar-refractivity contribution in [1.29, 1.82) is 0 Å². The van der Waals surface area contributed by atoms with Gasteiger partial charge in [0, 0.05) is 18.1 Å². The molecule has 2 aromatic rings. The minimum atomic E-state index is -0.606. The second-order valence-corrected chi connectivity index (χ2v) is 4.51. The van der Waals surface area contributed by atoms with Crippen LogP contribution < -0.4 is 10.9 Å². The van der Waals surface area contributed by atoms with Crippen molar-refractivity contribution >= 4 is 22.9 Å². The summed E-state index contributed by atoms with van der Waals surface area (Å²) in [4.78, 5) is 39.9. The Morgan fingerprint density at radius 1 is 1.36 bits per heavy atom. The van der Waals surface area contributed by atoms with Crippen molar-refractivity contribution in [2.24, 2.45) is 0 Å². The van der Waals surface area contributed by atoms with Crippen molar-refractivity contribution in [3.05, 3.63) is 40.3 Å². The molecule has 1 N–H and O–H groups in total. The monoisotopic (exact) mass is 303 g/mol. The standard InChI is InChI=1S/C15H17N3O4/c1-3-18-13-10(6-5-7-16-13)8-11(15(18)21)14(20)17-9-12(19)22-4-2/h5-8H,3-4,9H2,1-2H3,(H,17,20). The quantitative estimate of drug-likeness (QED) is 0.822. The van der Waals surface area contributed by atoms with Gasteiger partial charge in [-0.2, -0.15) is 0 Å². The number of aryl methyl sites for hydroxylation is 1. The zero-order valence-corrected chi connectivity index (χ0v) is 12.5. The van der Waals surface area contributed by atoms with Crippen LogP contribution in [-0.2, 0) is 16.1 Å². The number of carbonyl (C=O) groups is 2. The number of ether oxygens (including phenoxy) is 1. The van der Waals surface area contributed by atoms with Gasteiger partial charge in [0.1, 0.15) is 17.8 Å². The van der Waals surface area contributed by atoms with Crippen LogP contribution in [0.5, 0.6) is 0 Å². The summed E-state index contributed by atoms with van der Waals surface area (Å²) in [5, 5.41) is 3.08. The van der Waals surface area contributed by atoms with Gasteiger partial charge in [0.2, 0.25) is 0 Å². The fraction of sp³-hybridized carbons (Fsp3) is 0.333. The third-order valence-corrected chi connectivity index (χ3v) is 3.11. The molecule has 0 aliphatic heterocycles. The fourth-order valence-corrected chi connectivity index (χ4v) is 2.12. The lowest BCUT2D eigenvalue weighted by molar-refractivity contribution is -0.141. The minimum Gasteiger partial charge on any atom is -0.465 e. The van der Waals surface area contributed by atoms with E-state index in [1.54, 1.807) is 32.2 Å². The number of carbonyl (C=O) groups excluding carboxylic acids is 2. The van der Waals surface area contributed by atoms with Crippen molar-refractivity contribution in [3.8, 4) is 0 Å². The Balaban J connectivity index is 2.35. The zero-order valence-electron chi connectivity index (χ0n) is 12.5. The number of nitrogens with zero attached hydrogens (tertiary/aromatic N) is 2. The average Bonchev–Trinajstić information content (AvgIpc) is 2.52. The first-order valence-electron chi connectivity index (χ1n) is 7.00. The second kappa shape index (κ2) is 6.84. The molecule has 0 unspecified atom stereocenters. The van der Waals surface area contributed by atoms with Gasteiger partial charge in [-0.1, -0.05) is 0 Å². The molecule has 1 amide bonds. The lowest BCUT2D eigenvalue weighted by atomic mass is 10.2. The topological polar surface area (TPSA) is 90.3 Å². The highest BCUT2D eigenvalue weighted by Gasteiger charge is 2.16. The molecule has 2 heterocycles. The molecule has 0 saturated heterocycles. The van der Waals surface area contributed by atoms with Crippen LogP contribution >= 0.6 is 0 Å². The number of pyridine rings is 2. The van der Waals surface area contributed by atoms with Crippen molar-refractivity contribution in [2.75, 3.05) is 13.2 Å². The molecule has 116 valence electrons. The third kappa shape index (κ3) is 3.13. The van der Waals surface area contributed by atoms with E-state index in [4.69, 9.17) is 4.74 Å². The number of aromatic nitrogens is 2. The Labute approximate surface area is 126 Å². The number of esters is 1. The molecule has 22 heavy (non-hydrogen) atoms. The molecule has 0 spiro atoms. The van der Waals surface area contributed by atoms with Crippen LogP contribution in [0.15, 0.2) is 29.2 Å². The van der Waals surface area contributed by atoms with Crippen LogP contribution in [0.25, 0.3) is 11.0 Å². The number of fused-ring (bicyclic) bond motifs is 1. The first kappa shape index (κ1) is 15.7. The van der Waals surface area contributed by atoms with E-state index in [9.17, 15) is 14.4 Å². The maximum atomic E-state index is 12.4. The molecule has 2 aromatic heterocycles. The highest BCUT2D eigenvalue weighted by Crippen LogP contribution is 2.10. The Morgan fingerprint density at radius 3 is 2.82 bits per heavy atom. The summed E-state index contributed by atoms with van der Waals surface area (Å²) in [6, 6.07) is 4.99. The fourth-order valence-electron chi connectivity index (χ4n) is 2.12. The Hall–Kier alpha value is -2.70. The average molecular weight is 303 g/mol. The molecule has 0 fully saturated rings. The highest BCUT2D eigenvalue weighted by molar-refractivity contribution is 5.98.